The van der Waals surface area contributed by atoms with Crippen LogP contribution in [0.1, 0.15) is 33.7 Å². The minimum atomic E-state index is -0.404. The van der Waals surface area contributed by atoms with Crippen LogP contribution in [-0.4, -0.2) is 59.2 Å². The number of aromatic nitrogens is 6. The highest BCUT2D eigenvalue weighted by atomic mass is 16.2. The Morgan fingerprint density at radius 3 is 2.74 bits per heavy atom. The average molecular weight is 416 g/mol. The lowest BCUT2D eigenvalue weighted by molar-refractivity contribution is 0.0787. The molecule has 1 fully saturated rings. The van der Waals surface area contributed by atoms with Crippen LogP contribution in [0.15, 0.2) is 49.1 Å². The maximum absolute atomic E-state index is 13.0. The van der Waals surface area contributed by atoms with Crippen LogP contribution in [0.3, 0.4) is 0 Å². The summed E-state index contributed by atoms with van der Waals surface area (Å²) in [5.74, 6) is -0.0228. The summed E-state index contributed by atoms with van der Waals surface area (Å²) in [5, 5.41) is 11.4. The molecule has 1 aliphatic rings. The second kappa shape index (κ2) is 7.63. The van der Waals surface area contributed by atoms with Crippen LogP contribution in [0.5, 0.6) is 0 Å². The van der Waals surface area contributed by atoms with Gasteiger partial charge in [-0.25, -0.2) is 9.50 Å². The van der Waals surface area contributed by atoms with Crippen LogP contribution >= 0.6 is 0 Å². The molecule has 1 N–H and O–H groups in total. The number of aryl methyl sites for hydroxylation is 1. The Kier molecular flexibility index (Phi) is 4.66. The molecule has 0 spiro atoms. The van der Waals surface area contributed by atoms with Crippen molar-refractivity contribution in [2.75, 3.05) is 18.4 Å². The molecule has 1 saturated heterocycles. The third-order valence-electron chi connectivity index (χ3n) is 5.29. The number of nitrogens with one attached hydrogen (secondary N) is 1. The van der Waals surface area contributed by atoms with Gasteiger partial charge in [0.05, 0.1) is 11.8 Å². The van der Waals surface area contributed by atoms with Crippen molar-refractivity contribution in [3.63, 3.8) is 0 Å². The Morgan fingerprint density at radius 1 is 1.13 bits per heavy atom. The quantitative estimate of drug-likeness (QED) is 0.545. The summed E-state index contributed by atoms with van der Waals surface area (Å²) in [5.41, 5.74) is 2.47. The highest BCUT2D eigenvalue weighted by Gasteiger charge is 2.27. The number of hydrogen-bond donors (Lipinski definition) is 1. The molecule has 0 aromatic carbocycles. The van der Waals surface area contributed by atoms with Crippen LogP contribution < -0.4 is 5.32 Å². The number of amides is 2. The van der Waals surface area contributed by atoms with Gasteiger partial charge in [-0.3, -0.25) is 19.3 Å². The molecule has 0 radical (unpaired) electrons. The zero-order valence-corrected chi connectivity index (χ0v) is 16.9. The first-order chi connectivity index (χ1) is 15.1. The van der Waals surface area contributed by atoms with Gasteiger partial charge in [-0.05, 0) is 31.0 Å². The lowest BCUT2D eigenvalue weighted by Gasteiger charge is -2.15. The number of nitrogens with zero attached hydrogens (tertiary/aromatic N) is 7. The summed E-state index contributed by atoms with van der Waals surface area (Å²) in [6, 6.07) is 7.15. The molecule has 5 rings (SSSR count). The fourth-order valence-corrected chi connectivity index (χ4v) is 3.72. The van der Waals surface area contributed by atoms with Gasteiger partial charge in [0.2, 0.25) is 0 Å². The van der Waals surface area contributed by atoms with E-state index in [-0.39, 0.29) is 11.6 Å². The first-order valence-electron chi connectivity index (χ1n) is 9.99. The second-order valence-corrected chi connectivity index (χ2v) is 7.38. The molecule has 31 heavy (non-hydrogen) atoms. The number of pyridine rings is 2. The lowest BCUT2D eigenvalue weighted by Crippen LogP contribution is -2.30. The number of carbonyl (C=O) groups is 2. The minimum Gasteiger partial charge on any atom is -0.339 e. The van der Waals surface area contributed by atoms with Crippen LogP contribution in [0, 0.1) is 0 Å². The van der Waals surface area contributed by atoms with E-state index in [2.05, 4.69) is 25.5 Å². The summed E-state index contributed by atoms with van der Waals surface area (Å²) in [4.78, 5) is 36.2. The van der Waals surface area contributed by atoms with Gasteiger partial charge >= 0.3 is 0 Å². The van der Waals surface area contributed by atoms with Gasteiger partial charge in [0.1, 0.15) is 5.69 Å². The predicted molar refractivity (Wildman–Crippen MR) is 113 cm³/mol. The Bertz CT molecular complexity index is 1270. The molecule has 5 heterocycles. The molecule has 4 aromatic rings. The second-order valence-electron chi connectivity index (χ2n) is 7.38. The van der Waals surface area contributed by atoms with Crippen molar-refractivity contribution in [2.24, 2.45) is 7.05 Å². The van der Waals surface area contributed by atoms with Crippen molar-refractivity contribution in [1.29, 1.82) is 0 Å². The Morgan fingerprint density at radius 2 is 1.97 bits per heavy atom. The smallest absolute Gasteiger partial charge is 0.274 e. The molecular formula is C21H20N8O2. The normalized spacial score (nSPS) is 13.6. The van der Waals surface area contributed by atoms with E-state index >= 15 is 0 Å². The molecular weight excluding hydrogens is 396 g/mol. The molecule has 156 valence electrons. The molecule has 0 atom stereocenters. The fraction of sp³-hybridized carbons (Fsp3) is 0.238. The Hall–Kier alpha value is -4.08. The SMILES string of the molecule is Cn1ncc(C(=O)N2CCCC2)c1C(=O)Nc1ccn2nc(-c3cccnc3)nc2c1. The molecule has 2 amide bonds. The van der Waals surface area contributed by atoms with E-state index in [1.807, 2.05) is 12.1 Å². The van der Waals surface area contributed by atoms with E-state index in [1.54, 1.807) is 47.2 Å². The van der Waals surface area contributed by atoms with Gasteiger partial charge in [0, 0.05) is 56.0 Å². The number of anilines is 1. The van der Waals surface area contributed by atoms with Gasteiger partial charge in [-0.15, -0.1) is 5.10 Å². The molecule has 10 nitrogen and oxygen atoms in total. The van der Waals surface area contributed by atoms with Crippen LogP contribution in [0.4, 0.5) is 5.69 Å². The van der Waals surface area contributed by atoms with Crippen molar-refractivity contribution in [3.05, 3.63) is 60.3 Å². The third kappa shape index (κ3) is 3.52. The summed E-state index contributed by atoms with van der Waals surface area (Å²) >= 11 is 0. The first kappa shape index (κ1) is 18.9. The van der Waals surface area contributed by atoms with E-state index in [0.717, 1.165) is 18.4 Å². The minimum absolute atomic E-state index is 0.162. The van der Waals surface area contributed by atoms with Crippen molar-refractivity contribution >= 4 is 23.1 Å². The lowest BCUT2D eigenvalue weighted by atomic mass is 10.2. The molecule has 0 bridgehead atoms. The topological polar surface area (TPSA) is 110 Å². The molecule has 0 aliphatic carbocycles. The summed E-state index contributed by atoms with van der Waals surface area (Å²) < 4.78 is 3.05. The fourth-order valence-electron chi connectivity index (χ4n) is 3.72. The maximum Gasteiger partial charge on any atom is 0.274 e. The van der Waals surface area contributed by atoms with E-state index in [4.69, 9.17) is 0 Å². The first-order valence-corrected chi connectivity index (χ1v) is 9.99. The number of likely N-dealkylation sites (tertiary alicyclic amines) is 1. The number of carbonyl (C=O) groups excluding carboxylic acids is 2. The predicted octanol–water partition coefficient (Wildman–Crippen LogP) is 2.01. The summed E-state index contributed by atoms with van der Waals surface area (Å²) in [6.45, 7) is 1.41. The van der Waals surface area contributed by atoms with E-state index in [1.165, 1.54) is 10.9 Å². The summed E-state index contributed by atoms with van der Waals surface area (Å²) in [7, 11) is 1.65. The van der Waals surface area contributed by atoms with Gasteiger partial charge in [-0.2, -0.15) is 5.10 Å². The van der Waals surface area contributed by atoms with Gasteiger partial charge < -0.3 is 10.2 Å². The highest BCUT2D eigenvalue weighted by Crippen LogP contribution is 2.20. The zero-order valence-electron chi connectivity index (χ0n) is 16.9. The van der Waals surface area contributed by atoms with Gasteiger partial charge in [0.15, 0.2) is 11.5 Å². The summed E-state index contributed by atoms with van der Waals surface area (Å²) in [6.07, 6.45) is 8.52. The number of hydrogen-bond acceptors (Lipinski definition) is 6. The average Bonchev–Trinajstić information content (AvgIpc) is 3.53. The molecule has 4 aromatic heterocycles. The van der Waals surface area contributed by atoms with E-state index in [9.17, 15) is 9.59 Å². The maximum atomic E-state index is 13.0. The zero-order chi connectivity index (χ0) is 21.4. The van der Waals surface area contributed by atoms with E-state index < -0.39 is 5.91 Å². The van der Waals surface area contributed by atoms with Gasteiger partial charge in [0.25, 0.3) is 11.8 Å². The number of fused-ring (bicyclic) bond motifs is 1. The van der Waals surface area contributed by atoms with E-state index in [0.29, 0.717) is 35.8 Å². The van der Waals surface area contributed by atoms with Crippen molar-refractivity contribution in [3.8, 4) is 11.4 Å². The molecule has 1 aliphatic heterocycles. The Labute approximate surface area is 177 Å². The van der Waals surface area contributed by atoms with Crippen molar-refractivity contribution < 1.29 is 9.59 Å². The highest BCUT2D eigenvalue weighted by molar-refractivity contribution is 6.11. The Balaban J connectivity index is 1.41. The molecule has 0 unspecified atom stereocenters. The van der Waals surface area contributed by atoms with Crippen molar-refractivity contribution in [1.82, 2.24) is 34.3 Å². The van der Waals surface area contributed by atoms with Crippen LogP contribution in [0.2, 0.25) is 0 Å². The largest absolute Gasteiger partial charge is 0.339 e. The van der Waals surface area contributed by atoms with Crippen LogP contribution in [0.25, 0.3) is 17.0 Å². The molecule has 0 saturated carbocycles. The molecule has 10 heteroatoms. The monoisotopic (exact) mass is 416 g/mol. The van der Waals surface area contributed by atoms with Gasteiger partial charge in [-0.1, -0.05) is 0 Å². The number of rotatable bonds is 4. The van der Waals surface area contributed by atoms with Crippen molar-refractivity contribution in [2.45, 2.75) is 12.8 Å². The van der Waals surface area contributed by atoms with Crippen LogP contribution in [-0.2, 0) is 7.05 Å². The standard InChI is InChI=1S/C21H20N8O2/c1-27-18(16(13-23-27)21(31)28-8-2-3-9-28)20(30)24-15-6-10-29-17(11-15)25-19(26-29)14-5-4-7-22-12-14/h4-7,10-13H,2-3,8-9H2,1H3,(H,24,30). The third-order valence-corrected chi connectivity index (χ3v) is 5.29.